The van der Waals surface area contributed by atoms with E-state index in [1.54, 1.807) is 18.5 Å². The van der Waals surface area contributed by atoms with Crippen molar-refractivity contribution >= 4 is 11.7 Å². The van der Waals surface area contributed by atoms with Crippen LogP contribution in [0.1, 0.15) is 51.9 Å². The van der Waals surface area contributed by atoms with E-state index in [1.165, 1.54) is 6.92 Å². The van der Waals surface area contributed by atoms with E-state index in [-0.39, 0.29) is 17.8 Å². The van der Waals surface area contributed by atoms with Crippen molar-refractivity contribution in [1.82, 2.24) is 19.9 Å². The summed E-state index contributed by atoms with van der Waals surface area (Å²) < 4.78 is 5.76. The number of ether oxygens (including phenoxy) is 1. The Hall–Kier alpha value is -2.70. The summed E-state index contributed by atoms with van der Waals surface area (Å²) in [5.41, 5.74) is 2.59. The average Bonchev–Trinajstić information content (AvgIpc) is 2.91. The minimum Gasteiger partial charge on any atom is -0.460 e. The minimum atomic E-state index is -0.0605. The lowest BCUT2D eigenvalue weighted by atomic mass is 10.0. The molecule has 2 aromatic rings. The van der Waals surface area contributed by atoms with Crippen molar-refractivity contribution in [3.8, 4) is 6.01 Å². The number of hydrogen-bond donors (Lipinski definition) is 1. The van der Waals surface area contributed by atoms with Crippen molar-refractivity contribution in [2.45, 2.75) is 39.7 Å². The molecule has 1 aliphatic heterocycles. The van der Waals surface area contributed by atoms with Gasteiger partial charge in [0.2, 0.25) is 0 Å². The van der Waals surface area contributed by atoms with Gasteiger partial charge >= 0.3 is 6.01 Å². The van der Waals surface area contributed by atoms with Gasteiger partial charge in [0.25, 0.3) is 5.91 Å². The lowest BCUT2D eigenvalue weighted by molar-refractivity contribution is 0.0577. The van der Waals surface area contributed by atoms with Crippen LogP contribution in [-0.4, -0.2) is 50.7 Å². The quantitative estimate of drug-likeness (QED) is 0.862. The maximum Gasteiger partial charge on any atom is 0.316 e. The number of amides is 1. The Morgan fingerprint density at radius 1 is 1.20 bits per heavy atom. The highest BCUT2D eigenvalue weighted by Gasteiger charge is 2.28. The van der Waals surface area contributed by atoms with E-state index in [4.69, 9.17) is 4.74 Å². The maximum absolute atomic E-state index is 12.9. The number of nitrogens with one attached hydrogen (secondary N) is 1. The zero-order valence-electron chi connectivity index (χ0n) is 14.7. The van der Waals surface area contributed by atoms with Crippen LogP contribution in [-0.2, 0) is 0 Å². The molecular formula is C18H22N4O3. The molecule has 3 heterocycles. The number of hydrogen-bond acceptors (Lipinski definition) is 5. The molecule has 132 valence electrons. The van der Waals surface area contributed by atoms with Crippen LogP contribution in [0, 0.1) is 13.8 Å². The SMILES string of the molecule is CC(=O)c1[nH]c(C)c(C(=O)N2CCC(Oc3ncccn3)CC2)c1C. The van der Waals surface area contributed by atoms with E-state index in [0.717, 1.165) is 24.1 Å². The van der Waals surface area contributed by atoms with E-state index in [0.29, 0.717) is 30.4 Å². The third-order valence-electron chi connectivity index (χ3n) is 4.55. The van der Waals surface area contributed by atoms with Gasteiger partial charge in [-0.1, -0.05) is 0 Å². The first-order valence-corrected chi connectivity index (χ1v) is 8.40. The number of nitrogens with zero attached hydrogens (tertiary/aromatic N) is 3. The number of aryl methyl sites for hydroxylation is 1. The van der Waals surface area contributed by atoms with Crippen molar-refractivity contribution in [3.63, 3.8) is 0 Å². The molecule has 25 heavy (non-hydrogen) atoms. The Labute approximate surface area is 146 Å². The van der Waals surface area contributed by atoms with E-state index >= 15 is 0 Å². The van der Waals surface area contributed by atoms with Gasteiger partial charge in [0.1, 0.15) is 6.10 Å². The number of likely N-dealkylation sites (tertiary alicyclic amines) is 1. The van der Waals surface area contributed by atoms with Crippen LogP contribution in [0.15, 0.2) is 18.5 Å². The normalized spacial score (nSPS) is 15.2. The molecule has 0 saturated carbocycles. The number of piperidine rings is 1. The van der Waals surface area contributed by atoms with Crippen molar-refractivity contribution in [2.75, 3.05) is 13.1 Å². The monoisotopic (exact) mass is 342 g/mol. The van der Waals surface area contributed by atoms with Gasteiger partial charge in [-0.3, -0.25) is 9.59 Å². The number of carbonyl (C=O) groups is 2. The zero-order chi connectivity index (χ0) is 18.0. The first-order valence-electron chi connectivity index (χ1n) is 8.40. The average molecular weight is 342 g/mol. The third kappa shape index (κ3) is 3.55. The standard InChI is InChI=1S/C18H22N4O3/c1-11-15(12(2)21-16(11)13(3)23)17(24)22-9-5-14(6-10-22)25-18-19-7-4-8-20-18/h4,7-8,14,21H,5-6,9-10H2,1-3H3. The third-order valence-corrected chi connectivity index (χ3v) is 4.55. The summed E-state index contributed by atoms with van der Waals surface area (Å²) in [5.74, 6) is -0.0946. The molecule has 7 heteroatoms. The van der Waals surface area contributed by atoms with E-state index < -0.39 is 0 Å². The second-order valence-corrected chi connectivity index (χ2v) is 6.32. The first-order chi connectivity index (χ1) is 12.0. The van der Waals surface area contributed by atoms with Crippen LogP contribution in [0.4, 0.5) is 0 Å². The highest BCUT2D eigenvalue weighted by molar-refractivity contribution is 6.02. The van der Waals surface area contributed by atoms with Crippen molar-refractivity contribution in [2.24, 2.45) is 0 Å². The molecule has 1 amide bonds. The maximum atomic E-state index is 12.9. The lowest BCUT2D eigenvalue weighted by Gasteiger charge is -2.31. The molecule has 1 N–H and O–H groups in total. The molecule has 0 aliphatic carbocycles. The predicted molar refractivity (Wildman–Crippen MR) is 91.9 cm³/mol. The van der Waals surface area contributed by atoms with Gasteiger partial charge in [-0.2, -0.15) is 0 Å². The topological polar surface area (TPSA) is 88.2 Å². The summed E-state index contributed by atoms with van der Waals surface area (Å²) in [6.07, 6.45) is 4.75. The molecule has 1 saturated heterocycles. The summed E-state index contributed by atoms with van der Waals surface area (Å²) in [6, 6.07) is 2.11. The number of H-pyrrole nitrogens is 1. The van der Waals surface area contributed by atoms with Crippen LogP contribution in [0.5, 0.6) is 6.01 Å². The van der Waals surface area contributed by atoms with Crippen molar-refractivity contribution in [3.05, 3.63) is 41.0 Å². The molecule has 7 nitrogen and oxygen atoms in total. The molecule has 3 rings (SSSR count). The fourth-order valence-electron chi connectivity index (χ4n) is 3.25. The fraction of sp³-hybridized carbons (Fsp3) is 0.444. The Morgan fingerprint density at radius 2 is 1.84 bits per heavy atom. The predicted octanol–water partition coefficient (Wildman–Crippen LogP) is 2.31. The van der Waals surface area contributed by atoms with E-state index in [2.05, 4.69) is 15.0 Å². The summed E-state index contributed by atoms with van der Waals surface area (Å²) in [4.78, 5) is 37.5. The minimum absolute atomic E-state index is 0.00708. The van der Waals surface area contributed by atoms with E-state index in [9.17, 15) is 9.59 Å². The van der Waals surface area contributed by atoms with Crippen molar-refractivity contribution in [1.29, 1.82) is 0 Å². The number of Topliss-reactive ketones (excluding diaryl/α,β-unsaturated/α-hetero) is 1. The molecule has 2 aromatic heterocycles. The molecule has 0 bridgehead atoms. The number of rotatable bonds is 4. The van der Waals surface area contributed by atoms with Crippen LogP contribution < -0.4 is 4.74 Å². The number of carbonyl (C=O) groups excluding carboxylic acids is 2. The molecule has 0 atom stereocenters. The summed E-state index contributed by atoms with van der Waals surface area (Å²) >= 11 is 0. The first kappa shape index (κ1) is 17.1. The highest BCUT2D eigenvalue weighted by Crippen LogP contribution is 2.23. The van der Waals surface area contributed by atoms with Crippen molar-refractivity contribution < 1.29 is 14.3 Å². The van der Waals surface area contributed by atoms with Gasteiger partial charge in [0.05, 0.1) is 11.3 Å². The van der Waals surface area contributed by atoms with Crippen LogP contribution >= 0.6 is 0 Å². The second-order valence-electron chi connectivity index (χ2n) is 6.32. The molecule has 1 fully saturated rings. The zero-order valence-corrected chi connectivity index (χ0v) is 14.7. The van der Waals surface area contributed by atoms with Crippen LogP contribution in [0.2, 0.25) is 0 Å². The molecular weight excluding hydrogens is 320 g/mol. The molecule has 0 aromatic carbocycles. The molecule has 1 aliphatic rings. The van der Waals surface area contributed by atoms with Crippen LogP contribution in [0.3, 0.4) is 0 Å². The Morgan fingerprint density at radius 3 is 2.40 bits per heavy atom. The summed E-state index contributed by atoms with van der Waals surface area (Å²) in [6.45, 7) is 6.36. The number of aromatic amines is 1. The summed E-state index contributed by atoms with van der Waals surface area (Å²) in [7, 11) is 0. The van der Waals surface area contributed by atoms with Gasteiger partial charge in [-0.15, -0.1) is 0 Å². The van der Waals surface area contributed by atoms with Gasteiger partial charge in [-0.25, -0.2) is 9.97 Å². The largest absolute Gasteiger partial charge is 0.460 e. The Kier molecular flexibility index (Phi) is 4.83. The summed E-state index contributed by atoms with van der Waals surface area (Å²) in [5, 5.41) is 0. The van der Waals surface area contributed by atoms with Gasteiger partial charge in [-0.05, 0) is 25.5 Å². The Bertz CT molecular complexity index is 777. The second kappa shape index (κ2) is 7.04. The smallest absolute Gasteiger partial charge is 0.316 e. The van der Waals surface area contributed by atoms with Gasteiger partial charge in [0.15, 0.2) is 5.78 Å². The molecule has 0 spiro atoms. The van der Waals surface area contributed by atoms with Gasteiger partial charge in [0, 0.05) is 50.9 Å². The number of ketones is 1. The highest BCUT2D eigenvalue weighted by atomic mass is 16.5. The molecule has 0 radical (unpaired) electrons. The molecule has 0 unspecified atom stereocenters. The van der Waals surface area contributed by atoms with E-state index in [1.807, 2.05) is 18.7 Å². The Balaban J connectivity index is 1.65. The fourth-order valence-corrected chi connectivity index (χ4v) is 3.25. The van der Waals surface area contributed by atoms with Gasteiger partial charge < -0.3 is 14.6 Å². The van der Waals surface area contributed by atoms with Crippen LogP contribution in [0.25, 0.3) is 0 Å². The number of aromatic nitrogens is 3. The lowest BCUT2D eigenvalue weighted by Crippen LogP contribution is -2.42.